The maximum absolute atomic E-state index is 14.5. The number of carbonyl (C=O) groups is 1. The number of pyridine rings is 1. The average molecular weight is 502 g/mol. The second-order valence-electron chi connectivity index (χ2n) is 10.1. The highest BCUT2D eigenvalue weighted by atomic mass is 19.3. The normalized spacial score (nSPS) is 23.6. The zero-order chi connectivity index (χ0) is 25.3. The topological polar surface area (TPSA) is 72.9 Å². The lowest BCUT2D eigenvalue weighted by Crippen LogP contribution is -2.45. The minimum absolute atomic E-state index is 0.0388. The number of aromatic nitrogens is 1. The van der Waals surface area contributed by atoms with Crippen LogP contribution >= 0.6 is 0 Å². The van der Waals surface area contributed by atoms with E-state index < -0.39 is 17.9 Å². The molecule has 1 aromatic carbocycles. The monoisotopic (exact) mass is 501 g/mol. The van der Waals surface area contributed by atoms with Gasteiger partial charge in [-0.15, -0.1) is 0 Å². The van der Waals surface area contributed by atoms with Crippen molar-refractivity contribution < 1.29 is 27.8 Å². The Morgan fingerprint density at radius 3 is 2.72 bits per heavy atom. The van der Waals surface area contributed by atoms with E-state index in [1.54, 1.807) is 29.3 Å². The van der Waals surface area contributed by atoms with E-state index in [0.717, 1.165) is 12.0 Å². The molecule has 4 heterocycles. The summed E-state index contributed by atoms with van der Waals surface area (Å²) in [7, 11) is 0. The van der Waals surface area contributed by atoms with Gasteiger partial charge in [-0.25, -0.2) is 13.8 Å². The lowest BCUT2D eigenvalue weighted by molar-refractivity contribution is -0.143. The lowest BCUT2D eigenvalue weighted by Gasteiger charge is -2.38. The molecule has 2 aromatic rings. The molecule has 0 bridgehead atoms. The van der Waals surface area contributed by atoms with E-state index in [0.29, 0.717) is 35.8 Å². The predicted octanol–water partition coefficient (Wildman–Crippen LogP) is 4.96. The summed E-state index contributed by atoms with van der Waals surface area (Å²) < 4.78 is 46.2. The fourth-order valence-electron chi connectivity index (χ4n) is 5.39. The van der Waals surface area contributed by atoms with Crippen LogP contribution in [0.2, 0.25) is 0 Å². The van der Waals surface area contributed by atoms with E-state index in [2.05, 4.69) is 10.3 Å². The van der Waals surface area contributed by atoms with Crippen LogP contribution in [0.5, 0.6) is 0 Å². The van der Waals surface area contributed by atoms with Crippen molar-refractivity contribution in [2.45, 2.75) is 76.2 Å². The van der Waals surface area contributed by atoms with E-state index in [4.69, 9.17) is 14.2 Å². The molecule has 2 atom stereocenters. The van der Waals surface area contributed by atoms with Crippen molar-refractivity contribution in [3.8, 4) is 0 Å². The van der Waals surface area contributed by atoms with E-state index >= 15 is 0 Å². The number of fused-ring (bicyclic) bond motifs is 2. The number of carbonyl (C=O) groups excluding carboxylic acids is 1. The predicted molar refractivity (Wildman–Crippen MR) is 132 cm³/mol. The number of alkyl halides is 2. The number of amides is 1. The zero-order valence-corrected chi connectivity index (χ0v) is 20.7. The van der Waals surface area contributed by atoms with Crippen molar-refractivity contribution in [3.63, 3.8) is 0 Å². The molecule has 36 heavy (non-hydrogen) atoms. The maximum atomic E-state index is 14.5. The number of nitrogens with one attached hydrogen (secondary N) is 1. The molecular weight excluding hydrogens is 468 g/mol. The van der Waals surface area contributed by atoms with E-state index in [1.807, 2.05) is 26.0 Å². The van der Waals surface area contributed by atoms with Gasteiger partial charge in [0.05, 0.1) is 42.1 Å². The highest BCUT2D eigenvalue weighted by Gasteiger charge is 2.44. The number of anilines is 3. The first-order chi connectivity index (χ1) is 17.4. The van der Waals surface area contributed by atoms with Crippen LogP contribution in [0.25, 0.3) is 0 Å². The van der Waals surface area contributed by atoms with Gasteiger partial charge in [-0.2, -0.15) is 0 Å². The molecule has 1 aromatic heterocycles. The van der Waals surface area contributed by atoms with Crippen molar-refractivity contribution in [2.24, 2.45) is 0 Å². The molecule has 1 amide bonds. The Morgan fingerprint density at radius 1 is 1.22 bits per heavy atom. The highest BCUT2D eigenvalue weighted by molar-refractivity contribution is 6.01. The molecule has 2 fully saturated rings. The Morgan fingerprint density at radius 2 is 2.03 bits per heavy atom. The molecule has 7 nitrogen and oxygen atoms in total. The van der Waals surface area contributed by atoms with Crippen LogP contribution in [0.3, 0.4) is 0 Å². The fourth-order valence-corrected chi connectivity index (χ4v) is 5.39. The van der Waals surface area contributed by atoms with Gasteiger partial charge in [-0.1, -0.05) is 12.1 Å². The third-order valence-corrected chi connectivity index (χ3v) is 7.38. The number of nitrogens with zero attached hydrogens (tertiary/aromatic N) is 2. The highest BCUT2D eigenvalue weighted by Crippen LogP contribution is 2.44. The molecule has 0 unspecified atom stereocenters. The second kappa shape index (κ2) is 10.4. The molecule has 3 aliphatic rings. The molecule has 0 spiro atoms. The quantitative estimate of drug-likeness (QED) is 0.625. The zero-order valence-electron chi connectivity index (χ0n) is 20.7. The number of rotatable bonds is 5. The lowest BCUT2D eigenvalue weighted by atomic mass is 9.74. The van der Waals surface area contributed by atoms with Crippen molar-refractivity contribution in [2.75, 3.05) is 30.0 Å². The smallest absolute Gasteiger partial charge is 0.256 e. The van der Waals surface area contributed by atoms with Crippen LogP contribution < -0.4 is 10.2 Å². The van der Waals surface area contributed by atoms with Gasteiger partial charge in [-0.05, 0) is 63.3 Å². The average Bonchev–Trinajstić information content (AvgIpc) is 3.05. The Balaban J connectivity index is 1.49. The first-order valence-corrected chi connectivity index (χ1v) is 12.7. The minimum Gasteiger partial charge on any atom is -0.381 e. The van der Waals surface area contributed by atoms with Crippen LogP contribution in [0.1, 0.15) is 50.7 Å². The standard InChI is InChI=1S/C27H33F2N3O4/c1-17(2)36-20-6-8-23(35-16-20)25(33)32-15-18-4-3-11-30-24(18)31-21-7-5-19(14-22(21)32)27(26(28)29)9-12-34-13-10-27/h3-5,7,11,14,17,20,23,26H,6,8-10,12-13,15-16H2,1-2H3,(H,30,31)/t20-,23+/m0/s1. The van der Waals surface area contributed by atoms with Crippen LogP contribution in [-0.4, -0.2) is 55.4 Å². The van der Waals surface area contributed by atoms with Gasteiger partial charge in [-0.3, -0.25) is 4.79 Å². The number of ether oxygens (including phenoxy) is 3. The molecule has 2 saturated heterocycles. The third kappa shape index (κ3) is 4.84. The Bertz CT molecular complexity index is 1080. The number of hydrogen-bond acceptors (Lipinski definition) is 6. The van der Waals surface area contributed by atoms with Gasteiger partial charge in [0.1, 0.15) is 11.9 Å². The molecule has 1 N–H and O–H groups in total. The summed E-state index contributed by atoms with van der Waals surface area (Å²) in [6.07, 6.45) is 0.287. The second-order valence-corrected chi connectivity index (χ2v) is 10.1. The van der Waals surface area contributed by atoms with Gasteiger partial charge in [0.25, 0.3) is 5.91 Å². The van der Waals surface area contributed by atoms with Gasteiger partial charge in [0, 0.05) is 25.0 Å². The maximum Gasteiger partial charge on any atom is 0.256 e. The number of halogens is 2. The first-order valence-electron chi connectivity index (χ1n) is 12.7. The van der Waals surface area contributed by atoms with Crippen molar-refractivity contribution >= 4 is 23.1 Å². The first kappa shape index (κ1) is 25.0. The van der Waals surface area contributed by atoms with E-state index in [1.165, 1.54) is 0 Å². The summed E-state index contributed by atoms with van der Waals surface area (Å²) in [6, 6.07) is 9.00. The number of hydrogen-bond donors (Lipinski definition) is 1. The summed E-state index contributed by atoms with van der Waals surface area (Å²) >= 11 is 0. The molecule has 0 saturated carbocycles. The van der Waals surface area contributed by atoms with E-state index in [9.17, 15) is 13.6 Å². The van der Waals surface area contributed by atoms with Gasteiger partial charge < -0.3 is 24.4 Å². The van der Waals surface area contributed by atoms with Gasteiger partial charge >= 0.3 is 0 Å². The van der Waals surface area contributed by atoms with Crippen LogP contribution in [0.15, 0.2) is 36.5 Å². The van der Waals surface area contributed by atoms with Crippen molar-refractivity contribution in [1.82, 2.24) is 4.98 Å². The largest absolute Gasteiger partial charge is 0.381 e. The summed E-state index contributed by atoms with van der Waals surface area (Å²) in [6.45, 7) is 5.14. The molecule has 194 valence electrons. The van der Waals surface area contributed by atoms with Gasteiger partial charge in [0.15, 0.2) is 0 Å². The number of benzene rings is 1. The Kier molecular flexibility index (Phi) is 7.23. The molecule has 9 heteroatoms. The Labute approximate surface area is 210 Å². The molecule has 0 aliphatic carbocycles. The summed E-state index contributed by atoms with van der Waals surface area (Å²) in [5.74, 6) is 0.458. The molecule has 5 rings (SSSR count). The van der Waals surface area contributed by atoms with Gasteiger partial charge in [0.2, 0.25) is 6.43 Å². The molecular formula is C27H33F2N3O4. The molecule has 0 radical (unpaired) electrons. The third-order valence-electron chi connectivity index (χ3n) is 7.38. The van der Waals surface area contributed by atoms with E-state index in [-0.39, 0.29) is 50.7 Å². The van der Waals surface area contributed by atoms with Crippen LogP contribution in [-0.2, 0) is 31.0 Å². The fraction of sp³-hybridized carbons (Fsp3) is 0.556. The van der Waals surface area contributed by atoms with Crippen LogP contribution in [0.4, 0.5) is 26.0 Å². The minimum atomic E-state index is -2.54. The SMILES string of the molecule is CC(C)O[C@H]1CC[C@H](C(=O)N2Cc3cccnc3Nc3ccc(C4(C(F)F)CCOCC4)cc32)OC1. The summed E-state index contributed by atoms with van der Waals surface area (Å²) in [5, 5.41) is 3.31. The van der Waals surface area contributed by atoms with Crippen molar-refractivity contribution in [1.29, 1.82) is 0 Å². The summed E-state index contributed by atoms with van der Waals surface area (Å²) in [4.78, 5) is 20.0. The Hall–Kier alpha value is -2.62. The van der Waals surface area contributed by atoms with Crippen molar-refractivity contribution in [3.05, 3.63) is 47.7 Å². The summed E-state index contributed by atoms with van der Waals surface area (Å²) in [5.41, 5.74) is 1.27. The van der Waals surface area contributed by atoms with Crippen LogP contribution in [0, 0.1) is 0 Å². The molecule has 3 aliphatic heterocycles.